The fraction of sp³-hybridized carbons (Fsp3) is 0.350. The van der Waals surface area contributed by atoms with Gasteiger partial charge < -0.3 is 10.6 Å². The monoisotopic (exact) mass is 364 g/mol. The highest BCUT2D eigenvalue weighted by molar-refractivity contribution is 7.17. The van der Waals surface area contributed by atoms with Crippen LogP contribution in [0.5, 0.6) is 0 Å². The van der Waals surface area contributed by atoms with Crippen LogP contribution >= 0.6 is 11.3 Å². The molecule has 2 bridgehead atoms. The van der Waals surface area contributed by atoms with Crippen LogP contribution in [0.1, 0.15) is 42.5 Å². The van der Waals surface area contributed by atoms with Crippen LogP contribution in [0.4, 0.5) is 5.69 Å². The topological polar surface area (TPSA) is 72.1 Å². The summed E-state index contributed by atoms with van der Waals surface area (Å²) in [5, 5.41) is 3.06. The molecule has 0 aliphatic carbocycles. The number of benzene rings is 1. The number of amides is 1. The van der Waals surface area contributed by atoms with Crippen molar-refractivity contribution in [3.63, 3.8) is 0 Å². The number of carbonyl (C=O) groups is 1. The van der Waals surface area contributed by atoms with Crippen LogP contribution in [0, 0.1) is 0 Å². The van der Waals surface area contributed by atoms with Crippen LogP contribution < -0.4 is 10.6 Å². The van der Waals surface area contributed by atoms with Crippen LogP contribution in [0.2, 0.25) is 0 Å². The predicted molar refractivity (Wildman–Crippen MR) is 105 cm³/mol. The molecule has 0 radical (unpaired) electrons. The zero-order chi connectivity index (χ0) is 17.7. The SMILES string of the molecule is NC(=O)c1cccc(N2C3CCCC2CC3)c1-c1csc2ncncc12. The molecular weight excluding hydrogens is 344 g/mol. The summed E-state index contributed by atoms with van der Waals surface area (Å²) in [7, 11) is 0. The summed E-state index contributed by atoms with van der Waals surface area (Å²) >= 11 is 1.58. The molecule has 1 amide bonds. The van der Waals surface area contributed by atoms with Gasteiger partial charge >= 0.3 is 0 Å². The van der Waals surface area contributed by atoms with E-state index in [9.17, 15) is 4.79 Å². The van der Waals surface area contributed by atoms with E-state index in [1.165, 1.54) is 32.1 Å². The third-order valence-electron chi connectivity index (χ3n) is 5.80. The van der Waals surface area contributed by atoms with Crippen LogP contribution in [0.25, 0.3) is 21.3 Å². The van der Waals surface area contributed by atoms with Gasteiger partial charge in [-0.3, -0.25) is 4.79 Å². The number of thiophene rings is 1. The highest BCUT2D eigenvalue weighted by atomic mass is 32.1. The Kier molecular flexibility index (Phi) is 3.67. The lowest BCUT2D eigenvalue weighted by Gasteiger charge is -2.38. The average molecular weight is 364 g/mol. The highest BCUT2D eigenvalue weighted by Gasteiger charge is 2.38. The van der Waals surface area contributed by atoms with E-state index in [2.05, 4.69) is 26.3 Å². The first-order chi connectivity index (χ1) is 12.7. The van der Waals surface area contributed by atoms with Crippen LogP contribution in [0.15, 0.2) is 36.1 Å². The van der Waals surface area contributed by atoms with Crippen LogP contribution in [-0.4, -0.2) is 28.0 Å². The number of fused-ring (bicyclic) bond motifs is 3. The molecule has 2 saturated heterocycles. The first kappa shape index (κ1) is 15.8. The molecular formula is C20H20N4OS. The first-order valence-electron chi connectivity index (χ1n) is 9.13. The maximum Gasteiger partial charge on any atom is 0.249 e. The molecule has 5 nitrogen and oxygen atoms in total. The van der Waals surface area contributed by atoms with E-state index in [1.54, 1.807) is 17.7 Å². The number of anilines is 1. The van der Waals surface area contributed by atoms with Crippen molar-refractivity contribution in [2.75, 3.05) is 4.90 Å². The van der Waals surface area contributed by atoms with Crippen LogP contribution in [0.3, 0.4) is 0 Å². The molecule has 2 unspecified atom stereocenters. The van der Waals surface area contributed by atoms with Gasteiger partial charge in [0.15, 0.2) is 0 Å². The van der Waals surface area contributed by atoms with Crippen molar-refractivity contribution >= 4 is 33.1 Å². The Bertz CT molecular complexity index is 982. The minimum absolute atomic E-state index is 0.387. The summed E-state index contributed by atoms with van der Waals surface area (Å²) in [6.07, 6.45) is 9.62. The van der Waals surface area contributed by atoms with Gasteiger partial charge in [0, 0.05) is 51.4 Å². The number of piperidine rings is 1. The van der Waals surface area contributed by atoms with E-state index in [4.69, 9.17) is 5.73 Å². The number of carbonyl (C=O) groups excluding carboxylic acids is 1. The lowest BCUT2D eigenvalue weighted by molar-refractivity contribution is 0.100. The standard InChI is InChI=1S/C20H20N4OS/c21-19(25)14-5-2-6-17(24-12-3-1-4-13(24)8-7-12)18(14)16-10-26-20-15(16)9-22-11-23-20/h2,5-6,9-13H,1,3-4,7-8H2,(H2,21,25). The average Bonchev–Trinajstić information content (AvgIpc) is 3.19. The van der Waals surface area contributed by atoms with E-state index in [0.717, 1.165) is 27.0 Å². The third kappa shape index (κ3) is 2.32. The smallest absolute Gasteiger partial charge is 0.249 e. The Morgan fingerprint density at radius 1 is 1.19 bits per heavy atom. The van der Waals surface area contributed by atoms with Gasteiger partial charge in [-0.15, -0.1) is 11.3 Å². The second-order valence-corrected chi connectivity index (χ2v) is 8.04. The largest absolute Gasteiger partial charge is 0.366 e. The Hall–Kier alpha value is -2.47. The lowest BCUT2D eigenvalue weighted by Crippen LogP contribution is -2.40. The number of rotatable bonds is 3. The minimum Gasteiger partial charge on any atom is -0.366 e. The second-order valence-electron chi connectivity index (χ2n) is 7.18. The Morgan fingerprint density at radius 2 is 2.00 bits per heavy atom. The highest BCUT2D eigenvalue weighted by Crippen LogP contribution is 2.46. The molecule has 0 spiro atoms. The van der Waals surface area contributed by atoms with Gasteiger partial charge in [-0.25, -0.2) is 9.97 Å². The number of aromatic nitrogens is 2. The van der Waals surface area contributed by atoms with Gasteiger partial charge in [0.05, 0.1) is 0 Å². The zero-order valence-electron chi connectivity index (χ0n) is 14.4. The van der Waals surface area contributed by atoms with Crippen molar-refractivity contribution < 1.29 is 4.79 Å². The number of hydrogen-bond donors (Lipinski definition) is 1. The molecule has 2 aromatic heterocycles. The van der Waals surface area contributed by atoms with Gasteiger partial charge in [0.1, 0.15) is 11.2 Å². The van der Waals surface area contributed by atoms with Crippen molar-refractivity contribution in [2.24, 2.45) is 5.73 Å². The molecule has 1 aromatic carbocycles. The Morgan fingerprint density at radius 3 is 2.77 bits per heavy atom. The van der Waals surface area contributed by atoms with Crippen LogP contribution in [-0.2, 0) is 0 Å². The van der Waals surface area contributed by atoms with E-state index in [0.29, 0.717) is 17.6 Å². The summed E-state index contributed by atoms with van der Waals surface area (Å²) in [4.78, 5) is 24.3. The Balaban J connectivity index is 1.77. The van der Waals surface area contributed by atoms with E-state index in [1.807, 2.05) is 18.3 Å². The summed E-state index contributed by atoms with van der Waals surface area (Å²) in [6, 6.07) is 7.07. The van der Waals surface area contributed by atoms with Gasteiger partial charge in [-0.1, -0.05) is 6.07 Å². The molecule has 0 saturated carbocycles. The molecule has 132 valence electrons. The quantitative estimate of drug-likeness (QED) is 0.763. The summed E-state index contributed by atoms with van der Waals surface area (Å²) in [5.41, 5.74) is 9.44. The molecule has 2 atom stereocenters. The molecule has 2 N–H and O–H groups in total. The van der Waals surface area contributed by atoms with E-state index < -0.39 is 0 Å². The molecule has 6 heteroatoms. The molecule has 2 aliphatic rings. The minimum atomic E-state index is -0.387. The molecule has 2 fully saturated rings. The number of nitrogens with two attached hydrogens (primary N) is 1. The van der Waals surface area contributed by atoms with E-state index >= 15 is 0 Å². The molecule has 3 aromatic rings. The number of hydrogen-bond acceptors (Lipinski definition) is 5. The van der Waals surface area contributed by atoms with Crippen molar-refractivity contribution in [1.82, 2.24) is 9.97 Å². The summed E-state index contributed by atoms with van der Waals surface area (Å²) in [6.45, 7) is 0. The summed E-state index contributed by atoms with van der Waals surface area (Å²) < 4.78 is 0. The second kappa shape index (κ2) is 6.06. The van der Waals surface area contributed by atoms with Crippen molar-refractivity contribution in [3.05, 3.63) is 41.7 Å². The van der Waals surface area contributed by atoms with Gasteiger partial charge in [0.25, 0.3) is 0 Å². The Labute approximate surface area is 155 Å². The summed E-state index contributed by atoms with van der Waals surface area (Å²) in [5.74, 6) is -0.387. The third-order valence-corrected chi connectivity index (χ3v) is 6.71. The molecule has 26 heavy (non-hydrogen) atoms. The maximum absolute atomic E-state index is 12.2. The number of nitrogens with zero attached hydrogens (tertiary/aromatic N) is 3. The molecule has 4 heterocycles. The maximum atomic E-state index is 12.2. The predicted octanol–water partition coefficient (Wildman–Crippen LogP) is 3.98. The fourth-order valence-corrected chi connectivity index (χ4v) is 5.59. The van der Waals surface area contributed by atoms with E-state index in [-0.39, 0.29) is 5.91 Å². The van der Waals surface area contributed by atoms with Crippen molar-refractivity contribution in [3.8, 4) is 11.1 Å². The normalized spacial score (nSPS) is 22.1. The first-order valence-corrected chi connectivity index (χ1v) is 10.0. The zero-order valence-corrected chi connectivity index (χ0v) is 15.2. The van der Waals surface area contributed by atoms with Gasteiger partial charge in [-0.2, -0.15) is 0 Å². The lowest BCUT2D eigenvalue weighted by atomic mass is 9.94. The molecule has 2 aliphatic heterocycles. The fourth-order valence-electron chi connectivity index (χ4n) is 4.72. The van der Waals surface area contributed by atoms with Crippen molar-refractivity contribution in [2.45, 2.75) is 44.2 Å². The van der Waals surface area contributed by atoms with Gasteiger partial charge in [0.2, 0.25) is 5.91 Å². The molecule has 5 rings (SSSR count). The van der Waals surface area contributed by atoms with Gasteiger partial charge in [-0.05, 0) is 44.2 Å². The number of primary amides is 1. The van der Waals surface area contributed by atoms with Crippen molar-refractivity contribution in [1.29, 1.82) is 0 Å².